The van der Waals surface area contributed by atoms with Crippen LogP contribution in [0.25, 0.3) is 0 Å². The van der Waals surface area contributed by atoms with E-state index in [1.165, 1.54) is 0 Å². The average molecular weight is 441 g/mol. The summed E-state index contributed by atoms with van der Waals surface area (Å²) >= 11 is 1.64. The van der Waals surface area contributed by atoms with Crippen LogP contribution in [0.1, 0.15) is 74.6 Å². The SMILES string of the molecule is Cc1cccc(C(C)C)c1NC(=O)CCSCCC(=O)Nc1c(C)cccc1C(C)C. The summed E-state index contributed by atoms with van der Waals surface area (Å²) in [7, 11) is 0. The summed E-state index contributed by atoms with van der Waals surface area (Å²) in [5, 5.41) is 6.17. The van der Waals surface area contributed by atoms with Gasteiger partial charge in [0.15, 0.2) is 0 Å². The monoisotopic (exact) mass is 440 g/mol. The Morgan fingerprint density at radius 1 is 0.742 bits per heavy atom. The summed E-state index contributed by atoms with van der Waals surface area (Å²) in [5.74, 6) is 2.15. The summed E-state index contributed by atoms with van der Waals surface area (Å²) in [6.45, 7) is 12.6. The number of amides is 2. The van der Waals surface area contributed by atoms with Crippen LogP contribution >= 0.6 is 11.8 Å². The first-order valence-electron chi connectivity index (χ1n) is 11.1. The van der Waals surface area contributed by atoms with Crippen LogP contribution in [0.5, 0.6) is 0 Å². The zero-order chi connectivity index (χ0) is 23.0. The van der Waals surface area contributed by atoms with E-state index in [0.29, 0.717) is 36.2 Å². The van der Waals surface area contributed by atoms with Crippen LogP contribution in [0.3, 0.4) is 0 Å². The number of anilines is 2. The summed E-state index contributed by atoms with van der Waals surface area (Å²) in [4.78, 5) is 24.8. The van der Waals surface area contributed by atoms with Crippen LogP contribution in [-0.2, 0) is 9.59 Å². The van der Waals surface area contributed by atoms with Crippen molar-refractivity contribution >= 4 is 35.0 Å². The normalized spacial score (nSPS) is 11.1. The molecule has 0 heterocycles. The van der Waals surface area contributed by atoms with Crippen LogP contribution in [0.15, 0.2) is 36.4 Å². The molecule has 5 heteroatoms. The lowest BCUT2D eigenvalue weighted by Crippen LogP contribution is -2.16. The van der Waals surface area contributed by atoms with E-state index in [1.807, 2.05) is 38.1 Å². The van der Waals surface area contributed by atoms with Crippen molar-refractivity contribution in [2.45, 2.75) is 66.2 Å². The number of para-hydroxylation sites is 2. The van der Waals surface area contributed by atoms with E-state index in [-0.39, 0.29) is 11.8 Å². The molecule has 0 atom stereocenters. The van der Waals surface area contributed by atoms with Gasteiger partial charge in [-0.1, -0.05) is 64.1 Å². The molecule has 0 aliphatic carbocycles. The maximum atomic E-state index is 12.4. The van der Waals surface area contributed by atoms with Gasteiger partial charge in [0.1, 0.15) is 0 Å². The van der Waals surface area contributed by atoms with Gasteiger partial charge in [0.2, 0.25) is 11.8 Å². The first-order chi connectivity index (χ1) is 14.7. The van der Waals surface area contributed by atoms with E-state index in [9.17, 15) is 9.59 Å². The van der Waals surface area contributed by atoms with Gasteiger partial charge in [-0.05, 0) is 47.9 Å². The number of hydrogen-bond donors (Lipinski definition) is 2. The van der Waals surface area contributed by atoms with Gasteiger partial charge < -0.3 is 10.6 Å². The van der Waals surface area contributed by atoms with Crippen molar-refractivity contribution in [3.8, 4) is 0 Å². The van der Waals surface area contributed by atoms with Crippen molar-refractivity contribution in [2.75, 3.05) is 22.1 Å². The summed E-state index contributed by atoms with van der Waals surface area (Å²) < 4.78 is 0. The third-order valence-corrected chi connectivity index (χ3v) is 6.32. The number of carbonyl (C=O) groups excluding carboxylic acids is 2. The highest BCUT2D eigenvalue weighted by molar-refractivity contribution is 7.99. The lowest BCUT2D eigenvalue weighted by Gasteiger charge is -2.16. The molecule has 0 bridgehead atoms. The minimum absolute atomic E-state index is 0.0228. The second-order valence-electron chi connectivity index (χ2n) is 8.60. The van der Waals surface area contributed by atoms with Crippen molar-refractivity contribution in [2.24, 2.45) is 0 Å². The van der Waals surface area contributed by atoms with E-state index < -0.39 is 0 Å². The highest BCUT2D eigenvalue weighted by atomic mass is 32.2. The molecule has 2 aromatic carbocycles. The van der Waals surface area contributed by atoms with Crippen molar-refractivity contribution in [3.63, 3.8) is 0 Å². The fourth-order valence-electron chi connectivity index (χ4n) is 3.52. The van der Waals surface area contributed by atoms with Gasteiger partial charge >= 0.3 is 0 Å². The maximum Gasteiger partial charge on any atom is 0.225 e. The Hall–Kier alpha value is -2.27. The Morgan fingerprint density at radius 2 is 1.13 bits per heavy atom. The first kappa shape index (κ1) is 25.0. The third-order valence-electron chi connectivity index (χ3n) is 5.33. The second kappa shape index (κ2) is 11.9. The van der Waals surface area contributed by atoms with E-state index in [2.05, 4.69) is 50.5 Å². The molecule has 0 spiro atoms. The van der Waals surface area contributed by atoms with Gasteiger partial charge in [-0.2, -0.15) is 11.8 Å². The fourth-order valence-corrected chi connectivity index (χ4v) is 4.38. The molecular weight excluding hydrogens is 404 g/mol. The Kier molecular flexibility index (Phi) is 9.63. The molecule has 0 unspecified atom stereocenters. The fraction of sp³-hybridized carbons (Fsp3) is 0.462. The molecule has 4 nitrogen and oxygen atoms in total. The van der Waals surface area contributed by atoms with Crippen LogP contribution in [-0.4, -0.2) is 23.3 Å². The Morgan fingerprint density at radius 3 is 1.48 bits per heavy atom. The van der Waals surface area contributed by atoms with Gasteiger partial charge in [0.05, 0.1) is 0 Å². The van der Waals surface area contributed by atoms with E-state index in [0.717, 1.165) is 33.6 Å². The number of carbonyl (C=O) groups is 2. The lowest BCUT2D eigenvalue weighted by atomic mass is 9.98. The van der Waals surface area contributed by atoms with Crippen LogP contribution < -0.4 is 10.6 Å². The summed E-state index contributed by atoms with van der Waals surface area (Å²) in [6.07, 6.45) is 0.876. The molecule has 0 fully saturated rings. The number of benzene rings is 2. The smallest absolute Gasteiger partial charge is 0.225 e. The topological polar surface area (TPSA) is 58.2 Å². The minimum Gasteiger partial charge on any atom is -0.326 e. The zero-order valence-electron chi connectivity index (χ0n) is 19.7. The molecule has 2 aromatic rings. The van der Waals surface area contributed by atoms with Crippen LogP contribution in [0.2, 0.25) is 0 Å². The lowest BCUT2D eigenvalue weighted by molar-refractivity contribution is -0.116. The minimum atomic E-state index is 0.0228. The zero-order valence-corrected chi connectivity index (χ0v) is 20.5. The Balaban J connectivity index is 1.77. The average Bonchev–Trinajstić information content (AvgIpc) is 2.70. The maximum absolute atomic E-state index is 12.4. The number of thioether (sulfide) groups is 1. The van der Waals surface area contributed by atoms with Gasteiger partial charge in [-0.25, -0.2) is 0 Å². The van der Waals surface area contributed by atoms with Crippen LogP contribution in [0.4, 0.5) is 11.4 Å². The predicted molar refractivity (Wildman–Crippen MR) is 134 cm³/mol. The molecule has 0 aromatic heterocycles. The number of aryl methyl sites for hydroxylation is 2. The molecular formula is C26H36N2O2S. The van der Waals surface area contributed by atoms with Gasteiger partial charge in [-0.15, -0.1) is 0 Å². The first-order valence-corrected chi connectivity index (χ1v) is 12.2. The summed E-state index contributed by atoms with van der Waals surface area (Å²) in [6, 6.07) is 12.2. The highest BCUT2D eigenvalue weighted by Crippen LogP contribution is 2.28. The van der Waals surface area contributed by atoms with Crippen LogP contribution in [0, 0.1) is 13.8 Å². The molecule has 0 aliphatic rings. The number of rotatable bonds is 10. The quantitative estimate of drug-likeness (QED) is 0.407. The molecule has 2 amide bonds. The third kappa shape index (κ3) is 7.42. The molecule has 0 radical (unpaired) electrons. The largest absolute Gasteiger partial charge is 0.326 e. The molecule has 2 N–H and O–H groups in total. The summed E-state index contributed by atoms with van der Waals surface area (Å²) in [5.41, 5.74) is 6.36. The number of nitrogens with one attached hydrogen (secondary N) is 2. The molecule has 0 aliphatic heterocycles. The Bertz CT molecular complexity index is 833. The molecule has 2 rings (SSSR count). The predicted octanol–water partition coefficient (Wildman–Crippen LogP) is 6.64. The molecule has 168 valence electrons. The van der Waals surface area contributed by atoms with E-state index in [4.69, 9.17) is 0 Å². The van der Waals surface area contributed by atoms with Gasteiger partial charge in [-0.3, -0.25) is 9.59 Å². The second-order valence-corrected chi connectivity index (χ2v) is 9.82. The molecule has 31 heavy (non-hydrogen) atoms. The van der Waals surface area contributed by atoms with Crippen molar-refractivity contribution in [3.05, 3.63) is 58.7 Å². The molecule has 0 saturated heterocycles. The standard InChI is InChI=1S/C26H36N2O2S/c1-17(2)21-11-7-9-19(5)25(21)27-23(29)13-15-31-16-14-24(30)28-26-20(6)10-8-12-22(26)18(3)4/h7-12,17-18H,13-16H2,1-6H3,(H,27,29)(H,28,30). The van der Waals surface area contributed by atoms with Crippen molar-refractivity contribution in [1.29, 1.82) is 0 Å². The molecule has 0 saturated carbocycles. The van der Waals surface area contributed by atoms with E-state index >= 15 is 0 Å². The van der Waals surface area contributed by atoms with E-state index in [1.54, 1.807) is 11.8 Å². The number of hydrogen-bond acceptors (Lipinski definition) is 3. The van der Waals surface area contributed by atoms with Gasteiger partial charge in [0, 0.05) is 35.7 Å². The van der Waals surface area contributed by atoms with Crippen molar-refractivity contribution in [1.82, 2.24) is 0 Å². The highest BCUT2D eigenvalue weighted by Gasteiger charge is 2.13. The Labute approximate surface area is 191 Å². The van der Waals surface area contributed by atoms with Crippen molar-refractivity contribution < 1.29 is 9.59 Å². The van der Waals surface area contributed by atoms with Gasteiger partial charge in [0.25, 0.3) is 0 Å².